The van der Waals surface area contributed by atoms with Crippen LogP contribution in [0.15, 0.2) is 12.1 Å². The maximum absolute atomic E-state index is 12.5. The predicted molar refractivity (Wildman–Crippen MR) is 101 cm³/mol. The monoisotopic (exact) mass is 356 g/mol. The highest BCUT2D eigenvalue weighted by Gasteiger charge is 2.30. The van der Waals surface area contributed by atoms with Crippen LogP contribution in [0.2, 0.25) is 0 Å². The number of aryl methyl sites for hydroxylation is 1. The number of hydrogen-bond acceptors (Lipinski definition) is 5. The molecule has 2 aromatic rings. The minimum absolute atomic E-state index is 0.0302. The van der Waals surface area contributed by atoms with Crippen molar-refractivity contribution < 1.29 is 24.1 Å². The summed E-state index contributed by atoms with van der Waals surface area (Å²) in [6.45, 7) is 3.94. The fraction of sp³-hybridized carbons (Fsp3) is 0.381. The molecule has 0 bridgehead atoms. The third kappa shape index (κ3) is 2.82. The second kappa shape index (κ2) is 7.38. The molecule has 0 saturated carbocycles. The number of ether oxygens (including phenoxy) is 3. The Hall–Kier alpha value is -2.53. The van der Waals surface area contributed by atoms with Crippen molar-refractivity contribution >= 4 is 22.6 Å². The van der Waals surface area contributed by atoms with Gasteiger partial charge >= 0.3 is 0 Å². The van der Waals surface area contributed by atoms with E-state index in [4.69, 9.17) is 14.2 Å². The van der Waals surface area contributed by atoms with E-state index in [1.165, 1.54) is 0 Å². The van der Waals surface area contributed by atoms with Gasteiger partial charge < -0.3 is 19.3 Å². The van der Waals surface area contributed by atoms with E-state index in [9.17, 15) is 9.90 Å². The molecule has 0 heterocycles. The van der Waals surface area contributed by atoms with Crippen molar-refractivity contribution in [3.05, 3.63) is 34.4 Å². The lowest BCUT2D eigenvalue weighted by Gasteiger charge is -2.24. The molecule has 5 heteroatoms. The number of fused-ring (bicyclic) bond motifs is 2. The van der Waals surface area contributed by atoms with Crippen LogP contribution in [-0.2, 0) is 11.2 Å². The number of carbonyl (C=O) groups excluding carboxylic acids is 1. The van der Waals surface area contributed by atoms with E-state index in [-0.39, 0.29) is 18.3 Å². The van der Waals surface area contributed by atoms with Gasteiger partial charge in [0, 0.05) is 30.0 Å². The molecule has 0 amide bonds. The van der Waals surface area contributed by atoms with E-state index < -0.39 is 0 Å². The number of methoxy groups -OCH3 is 2. The van der Waals surface area contributed by atoms with Crippen LogP contribution in [0, 0.1) is 6.92 Å². The summed E-state index contributed by atoms with van der Waals surface area (Å²) >= 11 is 0. The molecular weight excluding hydrogens is 332 g/mol. The van der Waals surface area contributed by atoms with Crippen LogP contribution in [-0.4, -0.2) is 31.9 Å². The molecule has 0 radical (unpaired) electrons. The maximum Gasteiger partial charge on any atom is 0.188 e. The van der Waals surface area contributed by atoms with Crippen LogP contribution in [0.4, 0.5) is 0 Å². The average Bonchev–Trinajstić information content (AvgIpc) is 2.62. The smallest absolute Gasteiger partial charge is 0.188 e. The Morgan fingerprint density at radius 3 is 2.65 bits per heavy atom. The van der Waals surface area contributed by atoms with E-state index in [0.29, 0.717) is 35.3 Å². The van der Waals surface area contributed by atoms with Gasteiger partial charge in [0.2, 0.25) is 0 Å². The summed E-state index contributed by atoms with van der Waals surface area (Å²) < 4.78 is 16.6. The molecule has 0 aromatic heterocycles. The maximum atomic E-state index is 12.5. The molecule has 1 aliphatic rings. The Morgan fingerprint density at radius 1 is 1.23 bits per heavy atom. The van der Waals surface area contributed by atoms with Crippen molar-refractivity contribution in [1.29, 1.82) is 0 Å². The number of benzene rings is 2. The van der Waals surface area contributed by atoms with Crippen molar-refractivity contribution in [3.63, 3.8) is 0 Å². The molecular formula is C21H24O5. The van der Waals surface area contributed by atoms with Gasteiger partial charge in [-0.3, -0.25) is 4.79 Å². The Kier molecular flexibility index (Phi) is 5.18. The zero-order valence-electron chi connectivity index (χ0n) is 15.6. The van der Waals surface area contributed by atoms with Crippen LogP contribution in [0.1, 0.15) is 46.8 Å². The quantitative estimate of drug-likeness (QED) is 0.805. The van der Waals surface area contributed by atoms with E-state index in [1.807, 2.05) is 32.1 Å². The molecule has 1 aliphatic carbocycles. The lowest BCUT2D eigenvalue weighted by molar-refractivity contribution is 0.0520. The van der Waals surface area contributed by atoms with Gasteiger partial charge in [0.05, 0.1) is 18.1 Å². The van der Waals surface area contributed by atoms with Crippen LogP contribution in [0.5, 0.6) is 17.2 Å². The molecule has 0 atom stereocenters. The highest BCUT2D eigenvalue weighted by Crippen LogP contribution is 2.48. The largest absolute Gasteiger partial charge is 0.506 e. The van der Waals surface area contributed by atoms with Gasteiger partial charge in [-0.1, -0.05) is 12.2 Å². The van der Waals surface area contributed by atoms with Gasteiger partial charge in [-0.05, 0) is 38.3 Å². The van der Waals surface area contributed by atoms with Gasteiger partial charge in [0.25, 0.3) is 0 Å². The van der Waals surface area contributed by atoms with E-state index in [0.717, 1.165) is 28.5 Å². The molecule has 0 aliphatic heterocycles. The normalized spacial score (nSPS) is 14.1. The van der Waals surface area contributed by atoms with Crippen molar-refractivity contribution in [2.45, 2.75) is 33.1 Å². The number of phenols is 1. The first kappa shape index (κ1) is 18.3. The van der Waals surface area contributed by atoms with Gasteiger partial charge in [-0.15, -0.1) is 0 Å². The minimum Gasteiger partial charge on any atom is -0.506 e. The number of allylic oxidation sites excluding steroid dienone is 1. The third-order valence-electron chi connectivity index (χ3n) is 4.79. The van der Waals surface area contributed by atoms with E-state index >= 15 is 0 Å². The summed E-state index contributed by atoms with van der Waals surface area (Å²) in [4.78, 5) is 12.5. The lowest BCUT2D eigenvalue weighted by Crippen LogP contribution is -2.13. The molecule has 138 valence electrons. The molecule has 3 rings (SSSR count). The van der Waals surface area contributed by atoms with Gasteiger partial charge in [-0.25, -0.2) is 0 Å². The highest BCUT2D eigenvalue weighted by molar-refractivity contribution is 6.12. The van der Waals surface area contributed by atoms with Crippen molar-refractivity contribution in [2.75, 3.05) is 21.0 Å². The molecule has 0 fully saturated rings. The molecule has 0 spiro atoms. The first-order valence-electron chi connectivity index (χ1n) is 8.71. The number of aromatic hydroxyl groups is 1. The molecule has 26 heavy (non-hydrogen) atoms. The molecule has 2 aromatic carbocycles. The third-order valence-corrected chi connectivity index (χ3v) is 4.79. The average molecular weight is 356 g/mol. The van der Waals surface area contributed by atoms with Crippen LogP contribution >= 0.6 is 0 Å². The zero-order chi connectivity index (χ0) is 18.8. The summed E-state index contributed by atoms with van der Waals surface area (Å²) in [5.74, 6) is 1.04. The number of rotatable bonds is 5. The Labute approximate surface area is 153 Å². The standard InChI is InChI=1S/C21H24O5/c1-5-7-13-12(2)10-15-18(21(13)26-11-24-3)19(23)17-14(20(15)25-4)8-6-9-16(17)22/h5,7,10,23H,6,8-9,11H2,1-4H3/b7-5+. The van der Waals surface area contributed by atoms with Crippen molar-refractivity contribution in [1.82, 2.24) is 0 Å². The van der Waals surface area contributed by atoms with Crippen LogP contribution in [0.3, 0.4) is 0 Å². The first-order chi connectivity index (χ1) is 12.5. The summed E-state index contributed by atoms with van der Waals surface area (Å²) in [6.07, 6.45) is 5.73. The SMILES string of the molecule is C/C=C/c1c(C)cc2c(OC)c3c(c(O)c2c1OCOC)C(=O)CCC3. The zero-order valence-corrected chi connectivity index (χ0v) is 15.6. The number of phenolic OH excluding ortho intramolecular Hbond substituents is 1. The highest BCUT2D eigenvalue weighted by atomic mass is 16.7. The Balaban J connectivity index is 2.48. The van der Waals surface area contributed by atoms with Gasteiger partial charge in [0.1, 0.15) is 17.2 Å². The lowest BCUT2D eigenvalue weighted by atomic mass is 9.85. The van der Waals surface area contributed by atoms with Crippen molar-refractivity contribution in [3.8, 4) is 17.2 Å². The number of ketones is 1. The topological polar surface area (TPSA) is 65.0 Å². The summed E-state index contributed by atoms with van der Waals surface area (Å²) in [6, 6.07) is 1.97. The molecule has 0 saturated heterocycles. The summed E-state index contributed by atoms with van der Waals surface area (Å²) in [5, 5.41) is 12.3. The van der Waals surface area contributed by atoms with E-state index in [2.05, 4.69) is 0 Å². The Bertz CT molecular complexity index is 896. The second-order valence-electron chi connectivity index (χ2n) is 6.42. The summed E-state index contributed by atoms with van der Waals surface area (Å²) in [7, 11) is 3.13. The predicted octanol–water partition coefficient (Wildman–Crippen LogP) is 4.40. The fourth-order valence-electron chi connectivity index (χ4n) is 3.73. The number of carbonyl (C=O) groups is 1. The second-order valence-corrected chi connectivity index (χ2v) is 6.42. The Morgan fingerprint density at radius 2 is 2.00 bits per heavy atom. The van der Waals surface area contributed by atoms with Gasteiger partial charge in [0.15, 0.2) is 12.6 Å². The summed E-state index contributed by atoms with van der Waals surface area (Å²) in [5.41, 5.74) is 2.97. The molecule has 5 nitrogen and oxygen atoms in total. The molecule has 1 N–H and O–H groups in total. The van der Waals surface area contributed by atoms with E-state index in [1.54, 1.807) is 14.2 Å². The number of hydrogen-bond donors (Lipinski definition) is 1. The molecule has 0 unspecified atom stereocenters. The van der Waals surface area contributed by atoms with Crippen LogP contribution in [0.25, 0.3) is 16.8 Å². The first-order valence-corrected chi connectivity index (χ1v) is 8.71. The minimum atomic E-state index is -0.0604. The number of Topliss-reactive ketones (excluding diaryl/α,β-unsaturated/α-hetero) is 1. The van der Waals surface area contributed by atoms with Crippen LogP contribution < -0.4 is 9.47 Å². The van der Waals surface area contributed by atoms with Crippen molar-refractivity contribution in [2.24, 2.45) is 0 Å². The fourth-order valence-corrected chi connectivity index (χ4v) is 3.73. The van der Waals surface area contributed by atoms with Gasteiger partial charge in [-0.2, -0.15) is 0 Å².